The number of anilines is 1. The molecule has 0 saturated heterocycles. The van der Waals surface area contributed by atoms with Crippen LogP contribution in [0.5, 0.6) is 5.75 Å². The highest BCUT2D eigenvalue weighted by atomic mass is 16.5. The third-order valence-electron chi connectivity index (χ3n) is 2.12. The highest BCUT2D eigenvalue weighted by Crippen LogP contribution is 2.17. The highest BCUT2D eigenvalue weighted by Gasteiger charge is 2.01. The molecule has 2 aromatic heterocycles. The van der Waals surface area contributed by atoms with Crippen molar-refractivity contribution in [3.63, 3.8) is 0 Å². The van der Waals surface area contributed by atoms with E-state index in [4.69, 9.17) is 10.5 Å². The van der Waals surface area contributed by atoms with Crippen molar-refractivity contribution in [1.29, 1.82) is 0 Å². The summed E-state index contributed by atoms with van der Waals surface area (Å²) >= 11 is 0. The van der Waals surface area contributed by atoms with Crippen LogP contribution in [-0.2, 0) is 6.61 Å². The van der Waals surface area contributed by atoms with E-state index in [1.165, 1.54) is 0 Å². The summed E-state index contributed by atoms with van der Waals surface area (Å²) in [5, 5.41) is 0. The van der Waals surface area contributed by atoms with Crippen LogP contribution in [0.15, 0.2) is 36.5 Å². The number of aromatic nitrogens is 2. The van der Waals surface area contributed by atoms with Gasteiger partial charge in [-0.3, -0.25) is 4.98 Å². The molecule has 82 valence electrons. The Morgan fingerprint density at radius 1 is 1.25 bits per heavy atom. The predicted octanol–water partition coefficient (Wildman–Crippen LogP) is 1.95. The Morgan fingerprint density at radius 3 is 2.88 bits per heavy atom. The predicted molar refractivity (Wildman–Crippen MR) is 62.0 cm³/mol. The molecule has 0 saturated carbocycles. The van der Waals surface area contributed by atoms with E-state index in [-0.39, 0.29) is 0 Å². The Kier molecular flexibility index (Phi) is 3.00. The monoisotopic (exact) mass is 215 g/mol. The molecule has 0 aliphatic heterocycles. The molecule has 0 unspecified atom stereocenters. The van der Waals surface area contributed by atoms with Crippen LogP contribution >= 0.6 is 0 Å². The Labute approximate surface area is 94.1 Å². The van der Waals surface area contributed by atoms with Gasteiger partial charge in [0, 0.05) is 11.9 Å². The Morgan fingerprint density at radius 2 is 2.12 bits per heavy atom. The van der Waals surface area contributed by atoms with Gasteiger partial charge in [0.1, 0.15) is 6.61 Å². The number of rotatable bonds is 3. The van der Waals surface area contributed by atoms with Gasteiger partial charge in [0.15, 0.2) is 11.6 Å². The Bertz CT molecular complexity index is 485. The van der Waals surface area contributed by atoms with Gasteiger partial charge in [-0.05, 0) is 31.2 Å². The maximum Gasteiger partial charge on any atom is 0.166 e. The van der Waals surface area contributed by atoms with E-state index in [1.54, 1.807) is 18.3 Å². The van der Waals surface area contributed by atoms with Gasteiger partial charge in [0.25, 0.3) is 0 Å². The first kappa shape index (κ1) is 10.4. The standard InChI is InChI=1S/C12H13N3O/c1-9-4-2-5-10(15-9)8-16-11-6-3-7-14-12(11)13/h2-7H,8H2,1H3,(H2,13,14). The summed E-state index contributed by atoms with van der Waals surface area (Å²) < 4.78 is 5.53. The van der Waals surface area contributed by atoms with E-state index < -0.39 is 0 Å². The Hall–Kier alpha value is -2.10. The van der Waals surface area contributed by atoms with Gasteiger partial charge in [0.05, 0.1) is 5.69 Å². The van der Waals surface area contributed by atoms with Gasteiger partial charge in [-0.2, -0.15) is 0 Å². The lowest BCUT2D eigenvalue weighted by Gasteiger charge is -2.07. The van der Waals surface area contributed by atoms with Crippen LogP contribution in [0.4, 0.5) is 5.82 Å². The number of ether oxygens (including phenoxy) is 1. The van der Waals surface area contributed by atoms with Crippen LogP contribution in [0.25, 0.3) is 0 Å². The maximum atomic E-state index is 5.66. The first-order chi connectivity index (χ1) is 7.75. The van der Waals surface area contributed by atoms with Crippen molar-refractivity contribution in [2.75, 3.05) is 5.73 Å². The van der Waals surface area contributed by atoms with Gasteiger partial charge in [0.2, 0.25) is 0 Å². The number of nitrogen functional groups attached to an aromatic ring is 1. The van der Waals surface area contributed by atoms with E-state index in [1.807, 2.05) is 25.1 Å². The molecule has 4 nitrogen and oxygen atoms in total. The molecule has 4 heteroatoms. The number of hydrogen-bond acceptors (Lipinski definition) is 4. The normalized spacial score (nSPS) is 10.1. The number of nitrogens with two attached hydrogens (primary N) is 1. The molecule has 0 bridgehead atoms. The van der Waals surface area contributed by atoms with Crippen molar-refractivity contribution in [3.8, 4) is 5.75 Å². The minimum Gasteiger partial charge on any atom is -0.483 e. The van der Waals surface area contributed by atoms with Gasteiger partial charge < -0.3 is 10.5 Å². The summed E-state index contributed by atoms with van der Waals surface area (Å²) in [5.74, 6) is 0.987. The highest BCUT2D eigenvalue weighted by molar-refractivity contribution is 5.44. The lowest BCUT2D eigenvalue weighted by atomic mass is 10.3. The fraction of sp³-hybridized carbons (Fsp3) is 0.167. The van der Waals surface area contributed by atoms with Crippen LogP contribution in [0, 0.1) is 6.92 Å². The molecule has 16 heavy (non-hydrogen) atoms. The lowest BCUT2D eigenvalue weighted by Crippen LogP contribution is -2.02. The molecule has 2 heterocycles. The van der Waals surface area contributed by atoms with Gasteiger partial charge in [-0.25, -0.2) is 4.98 Å². The van der Waals surface area contributed by atoms with Crippen molar-refractivity contribution >= 4 is 5.82 Å². The van der Waals surface area contributed by atoms with Crippen LogP contribution < -0.4 is 10.5 Å². The summed E-state index contributed by atoms with van der Waals surface area (Å²) in [4.78, 5) is 8.27. The molecule has 0 radical (unpaired) electrons. The Balaban J connectivity index is 2.05. The van der Waals surface area contributed by atoms with Crippen molar-refractivity contribution in [3.05, 3.63) is 47.9 Å². The molecule has 0 atom stereocenters. The van der Waals surface area contributed by atoms with Crippen LogP contribution in [0.3, 0.4) is 0 Å². The fourth-order valence-electron chi connectivity index (χ4n) is 1.36. The molecular formula is C12H13N3O. The van der Waals surface area contributed by atoms with E-state index in [0.29, 0.717) is 18.2 Å². The zero-order chi connectivity index (χ0) is 11.4. The summed E-state index contributed by atoms with van der Waals surface area (Å²) in [6.07, 6.45) is 1.63. The SMILES string of the molecule is Cc1cccc(COc2cccnc2N)n1. The lowest BCUT2D eigenvalue weighted by molar-refractivity contribution is 0.302. The molecule has 0 aliphatic rings. The van der Waals surface area contributed by atoms with E-state index in [2.05, 4.69) is 9.97 Å². The number of pyridine rings is 2. The summed E-state index contributed by atoms with van der Waals surface area (Å²) in [5.41, 5.74) is 7.51. The van der Waals surface area contributed by atoms with Crippen LogP contribution in [0.1, 0.15) is 11.4 Å². The molecule has 2 N–H and O–H groups in total. The molecule has 2 rings (SSSR count). The second kappa shape index (κ2) is 4.61. The maximum absolute atomic E-state index is 5.66. The second-order valence-corrected chi connectivity index (χ2v) is 3.45. The zero-order valence-electron chi connectivity index (χ0n) is 9.05. The topological polar surface area (TPSA) is 61.0 Å². The first-order valence-corrected chi connectivity index (χ1v) is 5.01. The average Bonchev–Trinajstić information content (AvgIpc) is 2.28. The van der Waals surface area contributed by atoms with E-state index >= 15 is 0 Å². The molecule has 0 fully saturated rings. The van der Waals surface area contributed by atoms with Crippen molar-refractivity contribution in [2.45, 2.75) is 13.5 Å². The summed E-state index contributed by atoms with van der Waals surface area (Å²) in [6.45, 7) is 2.35. The van der Waals surface area contributed by atoms with Crippen molar-refractivity contribution < 1.29 is 4.74 Å². The van der Waals surface area contributed by atoms with E-state index in [0.717, 1.165) is 11.4 Å². The summed E-state index contributed by atoms with van der Waals surface area (Å²) in [7, 11) is 0. The zero-order valence-corrected chi connectivity index (χ0v) is 9.05. The van der Waals surface area contributed by atoms with Gasteiger partial charge in [-0.15, -0.1) is 0 Å². The van der Waals surface area contributed by atoms with Gasteiger partial charge in [-0.1, -0.05) is 6.07 Å². The fourth-order valence-corrected chi connectivity index (χ4v) is 1.36. The molecule has 0 amide bonds. The largest absolute Gasteiger partial charge is 0.483 e. The van der Waals surface area contributed by atoms with Gasteiger partial charge >= 0.3 is 0 Å². The number of nitrogens with zero attached hydrogens (tertiary/aromatic N) is 2. The molecule has 2 aromatic rings. The molecule has 0 spiro atoms. The van der Waals surface area contributed by atoms with Crippen molar-refractivity contribution in [1.82, 2.24) is 9.97 Å². The van der Waals surface area contributed by atoms with Crippen molar-refractivity contribution in [2.24, 2.45) is 0 Å². The minimum atomic E-state index is 0.398. The summed E-state index contributed by atoms with van der Waals surface area (Å²) in [6, 6.07) is 9.39. The average molecular weight is 215 g/mol. The van der Waals surface area contributed by atoms with Crippen LogP contribution in [0.2, 0.25) is 0 Å². The van der Waals surface area contributed by atoms with E-state index in [9.17, 15) is 0 Å². The number of hydrogen-bond donors (Lipinski definition) is 1. The molecule has 0 aromatic carbocycles. The smallest absolute Gasteiger partial charge is 0.166 e. The van der Waals surface area contributed by atoms with Crippen LogP contribution in [-0.4, -0.2) is 9.97 Å². The third-order valence-corrected chi connectivity index (χ3v) is 2.12. The molecular weight excluding hydrogens is 202 g/mol. The first-order valence-electron chi connectivity index (χ1n) is 5.01. The minimum absolute atomic E-state index is 0.398. The quantitative estimate of drug-likeness (QED) is 0.850. The number of aryl methyl sites for hydroxylation is 1. The molecule has 0 aliphatic carbocycles. The second-order valence-electron chi connectivity index (χ2n) is 3.45. The third kappa shape index (κ3) is 2.48.